The van der Waals surface area contributed by atoms with Crippen LogP contribution < -0.4 is 5.73 Å². The van der Waals surface area contributed by atoms with Gasteiger partial charge in [-0.25, -0.2) is 9.78 Å². The highest BCUT2D eigenvalue weighted by molar-refractivity contribution is 6.18. The molecular weight excluding hydrogens is 228 g/mol. The number of rotatable bonds is 2. The smallest absolute Gasteiger partial charge is 0.341 e. The molecule has 5 heteroatoms. The maximum Gasteiger partial charge on any atom is 0.341 e. The number of esters is 1. The first-order valence-corrected chi connectivity index (χ1v) is 5.11. The lowest BCUT2D eigenvalue weighted by atomic mass is 10.2. The van der Waals surface area contributed by atoms with E-state index in [1.165, 1.54) is 13.3 Å². The number of hydrogen-bond acceptors (Lipinski definition) is 4. The van der Waals surface area contributed by atoms with Gasteiger partial charge in [-0.15, -0.1) is 11.6 Å². The number of pyridine rings is 1. The first-order valence-electron chi connectivity index (χ1n) is 4.57. The highest BCUT2D eigenvalue weighted by atomic mass is 35.5. The zero-order valence-electron chi connectivity index (χ0n) is 8.79. The number of aromatic nitrogens is 1. The molecule has 0 atom stereocenters. The average molecular weight is 239 g/mol. The van der Waals surface area contributed by atoms with Gasteiger partial charge >= 0.3 is 5.97 Å². The summed E-state index contributed by atoms with van der Waals surface area (Å²) in [4.78, 5) is 15.2. The molecule has 1 heterocycles. The molecule has 0 aliphatic heterocycles. The molecule has 0 radical (unpaired) electrons. The average Bonchev–Trinajstić information content (AvgIpc) is 2.30. The molecule has 1 aromatic rings. The molecule has 16 heavy (non-hydrogen) atoms. The van der Waals surface area contributed by atoms with Gasteiger partial charge in [0.05, 0.1) is 7.11 Å². The Morgan fingerprint density at radius 2 is 2.44 bits per heavy atom. The van der Waals surface area contributed by atoms with Crippen molar-refractivity contribution in [1.29, 1.82) is 0 Å². The number of nitrogen functional groups attached to an aromatic ring is 1. The lowest BCUT2D eigenvalue weighted by Gasteiger charge is -2.02. The lowest BCUT2D eigenvalue weighted by Crippen LogP contribution is -2.07. The maximum atomic E-state index is 11.3. The summed E-state index contributed by atoms with van der Waals surface area (Å²) in [5.74, 6) is 5.76. The summed E-state index contributed by atoms with van der Waals surface area (Å²) in [7, 11) is 1.29. The summed E-state index contributed by atoms with van der Waals surface area (Å²) >= 11 is 5.48. The minimum atomic E-state index is -0.522. The largest absolute Gasteiger partial charge is 0.465 e. The van der Waals surface area contributed by atoms with Crippen molar-refractivity contribution in [2.75, 3.05) is 18.7 Å². The van der Waals surface area contributed by atoms with Gasteiger partial charge in [0, 0.05) is 24.1 Å². The van der Waals surface area contributed by atoms with E-state index in [2.05, 4.69) is 21.6 Å². The number of ether oxygens (including phenoxy) is 1. The molecule has 2 N–H and O–H groups in total. The monoisotopic (exact) mass is 238 g/mol. The molecule has 0 saturated heterocycles. The number of methoxy groups -OCH3 is 1. The fraction of sp³-hybridized carbons (Fsp3) is 0.273. The predicted octanol–water partition coefficient (Wildman–Crippen LogP) is 1.43. The molecule has 0 aliphatic carbocycles. The Morgan fingerprint density at radius 1 is 1.69 bits per heavy atom. The molecule has 0 saturated carbocycles. The van der Waals surface area contributed by atoms with Crippen LogP contribution in [-0.2, 0) is 4.74 Å². The van der Waals surface area contributed by atoms with Crippen LogP contribution in [0.1, 0.15) is 22.3 Å². The first kappa shape index (κ1) is 12.3. The van der Waals surface area contributed by atoms with E-state index in [0.717, 1.165) is 0 Å². The van der Waals surface area contributed by atoms with Crippen molar-refractivity contribution in [3.63, 3.8) is 0 Å². The molecule has 84 valence electrons. The van der Waals surface area contributed by atoms with Crippen molar-refractivity contribution in [2.24, 2.45) is 0 Å². The zero-order valence-corrected chi connectivity index (χ0v) is 9.54. The van der Waals surface area contributed by atoms with Crippen LogP contribution in [0, 0.1) is 11.8 Å². The second-order valence-corrected chi connectivity index (χ2v) is 3.27. The minimum absolute atomic E-state index is 0.134. The van der Waals surface area contributed by atoms with Gasteiger partial charge in [-0.2, -0.15) is 0 Å². The highest BCUT2D eigenvalue weighted by Crippen LogP contribution is 2.11. The van der Waals surface area contributed by atoms with Gasteiger partial charge in [0.1, 0.15) is 11.4 Å². The number of nitrogens with zero attached hydrogens (tertiary/aromatic N) is 1. The highest BCUT2D eigenvalue weighted by Gasteiger charge is 2.10. The predicted molar refractivity (Wildman–Crippen MR) is 62.2 cm³/mol. The Balaban J connectivity index is 2.99. The maximum absolute atomic E-state index is 11.3. The fourth-order valence-electron chi connectivity index (χ4n) is 1.03. The number of nitrogens with two attached hydrogens (primary N) is 1. The van der Waals surface area contributed by atoms with Crippen LogP contribution in [0.4, 0.5) is 5.82 Å². The van der Waals surface area contributed by atoms with E-state index in [1.807, 2.05) is 0 Å². The Kier molecular flexibility index (Phi) is 4.62. The normalized spacial score (nSPS) is 9.12. The summed E-state index contributed by atoms with van der Waals surface area (Å²) in [5.41, 5.74) is 6.37. The molecule has 0 unspecified atom stereocenters. The van der Waals surface area contributed by atoms with Crippen LogP contribution >= 0.6 is 11.6 Å². The molecule has 0 aliphatic rings. The van der Waals surface area contributed by atoms with Crippen molar-refractivity contribution < 1.29 is 9.53 Å². The van der Waals surface area contributed by atoms with Crippen molar-refractivity contribution >= 4 is 23.4 Å². The Hall–Kier alpha value is -1.73. The van der Waals surface area contributed by atoms with Crippen LogP contribution in [0.2, 0.25) is 0 Å². The molecule has 0 amide bonds. The fourth-order valence-corrected chi connectivity index (χ4v) is 1.12. The van der Waals surface area contributed by atoms with E-state index in [4.69, 9.17) is 17.3 Å². The van der Waals surface area contributed by atoms with Gasteiger partial charge in [0.15, 0.2) is 0 Å². The van der Waals surface area contributed by atoms with Gasteiger partial charge in [0.2, 0.25) is 0 Å². The number of carbonyl (C=O) groups is 1. The summed E-state index contributed by atoms with van der Waals surface area (Å²) in [5, 5.41) is 0. The van der Waals surface area contributed by atoms with Crippen molar-refractivity contribution in [2.45, 2.75) is 6.42 Å². The van der Waals surface area contributed by atoms with Gasteiger partial charge in [-0.3, -0.25) is 0 Å². The van der Waals surface area contributed by atoms with E-state index in [0.29, 0.717) is 17.9 Å². The van der Waals surface area contributed by atoms with Crippen LogP contribution in [0.5, 0.6) is 0 Å². The Bertz CT molecular complexity index is 449. The van der Waals surface area contributed by atoms with Crippen LogP contribution in [0.3, 0.4) is 0 Å². The molecule has 0 spiro atoms. The molecule has 0 bridgehead atoms. The number of alkyl halides is 1. The van der Waals surface area contributed by atoms with Gasteiger partial charge in [-0.1, -0.05) is 11.8 Å². The lowest BCUT2D eigenvalue weighted by molar-refractivity contribution is 0.0601. The molecule has 0 aromatic carbocycles. The summed E-state index contributed by atoms with van der Waals surface area (Å²) in [6.07, 6.45) is 2.09. The third-order valence-corrected chi connectivity index (χ3v) is 1.97. The standard InChI is InChI=1S/C11H11ClN2O2/c1-16-11(15)9-6-8(4-2-3-5-12)7-14-10(9)13/h6-7H,3,5H2,1H3,(H2,13,14). The zero-order chi connectivity index (χ0) is 12.0. The molecule has 0 fully saturated rings. The SMILES string of the molecule is COC(=O)c1cc(C#CCCCl)cnc1N. The Labute approximate surface area is 98.8 Å². The summed E-state index contributed by atoms with van der Waals surface area (Å²) < 4.78 is 4.57. The van der Waals surface area contributed by atoms with Crippen molar-refractivity contribution in [3.05, 3.63) is 23.4 Å². The topological polar surface area (TPSA) is 65.2 Å². The van der Waals surface area contributed by atoms with E-state index >= 15 is 0 Å². The van der Waals surface area contributed by atoms with E-state index in [1.54, 1.807) is 6.07 Å². The molecule has 4 nitrogen and oxygen atoms in total. The van der Waals surface area contributed by atoms with E-state index in [9.17, 15) is 4.79 Å². The Morgan fingerprint density at radius 3 is 3.06 bits per heavy atom. The number of carbonyl (C=O) groups excluding carboxylic acids is 1. The van der Waals surface area contributed by atoms with Crippen LogP contribution in [0.15, 0.2) is 12.3 Å². The minimum Gasteiger partial charge on any atom is -0.465 e. The van der Waals surface area contributed by atoms with Crippen LogP contribution in [0.25, 0.3) is 0 Å². The quantitative estimate of drug-likeness (QED) is 0.481. The van der Waals surface area contributed by atoms with Crippen molar-refractivity contribution in [1.82, 2.24) is 4.98 Å². The molecular formula is C11H11ClN2O2. The van der Waals surface area contributed by atoms with Gasteiger partial charge < -0.3 is 10.5 Å². The molecule has 1 aromatic heterocycles. The number of anilines is 1. The van der Waals surface area contributed by atoms with Gasteiger partial charge in [-0.05, 0) is 6.07 Å². The van der Waals surface area contributed by atoms with Crippen molar-refractivity contribution in [3.8, 4) is 11.8 Å². The summed E-state index contributed by atoms with van der Waals surface area (Å²) in [6.45, 7) is 0. The number of halogens is 1. The van der Waals surface area contributed by atoms with Gasteiger partial charge in [0.25, 0.3) is 0 Å². The second kappa shape index (κ2) is 5.99. The third-order valence-electron chi connectivity index (χ3n) is 1.78. The van der Waals surface area contributed by atoms with E-state index < -0.39 is 5.97 Å². The first-order chi connectivity index (χ1) is 7.69. The van der Waals surface area contributed by atoms with E-state index in [-0.39, 0.29) is 11.4 Å². The molecule has 1 rings (SSSR count). The third kappa shape index (κ3) is 3.14. The van der Waals surface area contributed by atoms with Crippen LogP contribution in [-0.4, -0.2) is 23.9 Å². The summed E-state index contributed by atoms with van der Waals surface area (Å²) in [6, 6.07) is 1.55. The number of hydrogen-bond donors (Lipinski definition) is 1. The second-order valence-electron chi connectivity index (χ2n) is 2.89.